The van der Waals surface area contributed by atoms with Gasteiger partial charge >= 0.3 is 12.0 Å². The first-order valence-electron chi connectivity index (χ1n) is 3.00. The highest BCUT2D eigenvalue weighted by Crippen LogP contribution is 2.03. The van der Waals surface area contributed by atoms with Gasteiger partial charge in [-0.3, -0.25) is 4.79 Å². The van der Waals surface area contributed by atoms with Gasteiger partial charge in [-0.25, -0.2) is 4.79 Å². The van der Waals surface area contributed by atoms with Gasteiger partial charge in [0.15, 0.2) is 0 Å². The van der Waals surface area contributed by atoms with E-state index in [2.05, 4.69) is 9.98 Å². The maximum atomic E-state index is 10.4. The number of urea groups is 1. The van der Waals surface area contributed by atoms with Crippen LogP contribution in [0.25, 0.3) is 0 Å². The van der Waals surface area contributed by atoms with Gasteiger partial charge in [0.2, 0.25) is 0 Å². The van der Waals surface area contributed by atoms with Crippen LogP contribution in [0.1, 0.15) is 6.92 Å². The monoisotopic (exact) mass is 154 g/mol. The van der Waals surface area contributed by atoms with E-state index in [1.54, 1.807) is 0 Å². The van der Waals surface area contributed by atoms with Crippen molar-refractivity contribution in [3.05, 3.63) is 0 Å². The third kappa shape index (κ3) is 1.49. The number of carboxylic acids is 1. The zero-order chi connectivity index (χ0) is 8.43. The van der Waals surface area contributed by atoms with Gasteiger partial charge in [0.25, 0.3) is 0 Å². The summed E-state index contributed by atoms with van der Waals surface area (Å²) in [4.78, 5) is 27.4. The fraction of sp³-hybridized carbons (Fsp3) is 0.333. The number of carboxylic acid groups (broad SMARTS) is 1. The number of rotatable bonds is 2. The Kier molecular flexibility index (Phi) is 1.80. The summed E-state index contributed by atoms with van der Waals surface area (Å²) in [5, 5.41) is 8.47. The summed E-state index contributed by atoms with van der Waals surface area (Å²) in [5.41, 5.74) is 0.211. The first-order chi connectivity index (χ1) is 5.11. The van der Waals surface area contributed by atoms with Crippen LogP contribution >= 0.6 is 0 Å². The third-order valence-corrected chi connectivity index (χ3v) is 1.35. The lowest BCUT2D eigenvalue weighted by atomic mass is 10.1. The fourth-order valence-corrected chi connectivity index (χ4v) is 0.625. The molecule has 11 heavy (non-hydrogen) atoms. The van der Waals surface area contributed by atoms with E-state index < -0.39 is 17.9 Å². The summed E-state index contributed by atoms with van der Waals surface area (Å²) >= 11 is 0. The maximum absolute atomic E-state index is 10.4. The lowest BCUT2D eigenvalue weighted by Crippen LogP contribution is -2.20. The molecule has 0 bridgehead atoms. The van der Waals surface area contributed by atoms with E-state index in [0.717, 1.165) is 0 Å². The molecule has 0 radical (unpaired) electrons. The third-order valence-electron chi connectivity index (χ3n) is 1.35. The van der Waals surface area contributed by atoms with Crippen molar-refractivity contribution in [1.82, 2.24) is 0 Å². The van der Waals surface area contributed by atoms with Crippen LogP contribution in [0, 0.1) is 5.92 Å². The summed E-state index contributed by atoms with van der Waals surface area (Å²) in [6.07, 6.45) is 1.18. The lowest BCUT2D eigenvalue weighted by Gasteiger charge is -1.99. The van der Waals surface area contributed by atoms with Crippen molar-refractivity contribution in [2.45, 2.75) is 6.92 Å². The van der Waals surface area contributed by atoms with E-state index in [9.17, 15) is 9.59 Å². The number of carbonyl (C=O) groups excluding carboxylic acids is 1. The molecule has 5 nitrogen and oxygen atoms in total. The Labute approximate surface area is 62.5 Å². The molecule has 1 atom stereocenters. The van der Waals surface area contributed by atoms with E-state index in [4.69, 9.17) is 5.11 Å². The van der Waals surface area contributed by atoms with Crippen molar-refractivity contribution in [2.24, 2.45) is 15.9 Å². The second kappa shape index (κ2) is 2.61. The van der Waals surface area contributed by atoms with Crippen LogP contribution in [-0.2, 0) is 4.79 Å². The molecule has 1 N–H and O–H groups in total. The molecular formula is C6H6N2O3. The molecule has 2 amide bonds. The molecule has 0 aliphatic carbocycles. The first kappa shape index (κ1) is 7.59. The number of amides is 2. The summed E-state index contributed by atoms with van der Waals surface area (Å²) in [6.45, 7) is 1.45. The molecule has 0 fully saturated rings. The average molecular weight is 154 g/mol. The molecule has 0 aromatic heterocycles. The highest BCUT2D eigenvalue weighted by atomic mass is 16.4. The van der Waals surface area contributed by atoms with Crippen molar-refractivity contribution in [3.8, 4) is 0 Å². The standard InChI is InChI=1S/C6H6N2O3/c1-3(5(9)10)4-2-7-6(11)8-4/h2-3H,1H3,(H,9,10). The van der Waals surface area contributed by atoms with E-state index in [1.165, 1.54) is 13.1 Å². The van der Waals surface area contributed by atoms with Gasteiger partial charge in [0.05, 0.1) is 17.8 Å². The van der Waals surface area contributed by atoms with Gasteiger partial charge < -0.3 is 5.11 Å². The number of aliphatic imine (C=N–C) groups is 2. The smallest absolute Gasteiger partial charge is 0.367 e. The SMILES string of the molecule is CC(C(=O)O)C1=NC(=O)N=C1. The minimum atomic E-state index is -1.01. The Hall–Kier alpha value is -1.52. The van der Waals surface area contributed by atoms with Gasteiger partial charge in [-0.2, -0.15) is 9.98 Å². The van der Waals surface area contributed by atoms with Gasteiger partial charge in [-0.1, -0.05) is 0 Å². The molecule has 1 aliphatic rings. The highest BCUT2D eigenvalue weighted by molar-refractivity contribution is 6.41. The molecular weight excluding hydrogens is 148 g/mol. The van der Waals surface area contributed by atoms with Gasteiger partial charge in [0.1, 0.15) is 0 Å². The van der Waals surface area contributed by atoms with Crippen molar-refractivity contribution < 1.29 is 14.7 Å². The van der Waals surface area contributed by atoms with Gasteiger partial charge in [-0.15, -0.1) is 0 Å². The summed E-state index contributed by atoms with van der Waals surface area (Å²) in [7, 11) is 0. The Balaban J connectivity index is 2.78. The Morgan fingerprint density at radius 3 is 2.73 bits per heavy atom. The van der Waals surface area contributed by atoms with Crippen molar-refractivity contribution in [3.63, 3.8) is 0 Å². The number of aliphatic carboxylic acids is 1. The lowest BCUT2D eigenvalue weighted by molar-refractivity contribution is -0.138. The maximum Gasteiger partial charge on any atom is 0.367 e. The molecule has 0 aromatic carbocycles. The normalized spacial score (nSPS) is 18.3. The zero-order valence-electron chi connectivity index (χ0n) is 5.81. The number of nitrogens with zero attached hydrogens (tertiary/aromatic N) is 2. The molecule has 1 heterocycles. The van der Waals surface area contributed by atoms with E-state index in [0.29, 0.717) is 0 Å². The minimum Gasteiger partial charge on any atom is -0.481 e. The van der Waals surface area contributed by atoms with Crippen LogP contribution in [0.2, 0.25) is 0 Å². The van der Waals surface area contributed by atoms with Crippen LogP contribution in [-0.4, -0.2) is 29.0 Å². The molecule has 0 aromatic rings. The topological polar surface area (TPSA) is 79.1 Å². The minimum absolute atomic E-state index is 0.211. The van der Waals surface area contributed by atoms with Crippen LogP contribution < -0.4 is 0 Å². The quantitative estimate of drug-likeness (QED) is 0.623. The predicted octanol–water partition coefficient (Wildman–Crippen LogP) is 0.352. The Morgan fingerprint density at radius 2 is 2.36 bits per heavy atom. The van der Waals surface area contributed by atoms with Crippen LogP contribution in [0.15, 0.2) is 9.98 Å². The largest absolute Gasteiger partial charge is 0.481 e. The first-order valence-corrected chi connectivity index (χ1v) is 3.00. The second-order valence-electron chi connectivity index (χ2n) is 2.14. The van der Waals surface area contributed by atoms with E-state index in [-0.39, 0.29) is 5.71 Å². The van der Waals surface area contributed by atoms with Crippen molar-refractivity contribution in [1.29, 1.82) is 0 Å². The van der Waals surface area contributed by atoms with Crippen LogP contribution in [0.4, 0.5) is 4.79 Å². The van der Waals surface area contributed by atoms with Crippen LogP contribution in [0.5, 0.6) is 0 Å². The molecule has 58 valence electrons. The van der Waals surface area contributed by atoms with E-state index >= 15 is 0 Å². The summed E-state index contributed by atoms with van der Waals surface area (Å²) in [6, 6.07) is -0.631. The fourth-order valence-electron chi connectivity index (χ4n) is 0.625. The molecule has 0 saturated heterocycles. The van der Waals surface area contributed by atoms with Crippen molar-refractivity contribution in [2.75, 3.05) is 0 Å². The molecule has 5 heteroatoms. The number of carbonyl (C=O) groups is 2. The Bertz CT molecular complexity index is 267. The Morgan fingerprint density at radius 1 is 1.73 bits per heavy atom. The average Bonchev–Trinajstić information content (AvgIpc) is 2.34. The molecule has 1 rings (SSSR count). The second-order valence-corrected chi connectivity index (χ2v) is 2.14. The molecule has 1 unspecified atom stereocenters. The highest BCUT2D eigenvalue weighted by Gasteiger charge is 2.20. The van der Waals surface area contributed by atoms with Crippen molar-refractivity contribution >= 4 is 23.9 Å². The molecule has 0 spiro atoms. The summed E-state index contributed by atoms with van der Waals surface area (Å²) in [5.74, 6) is -1.77. The summed E-state index contributed by atoms with van der Waals surface area (Å²) < 4.78 is 0. The van der Waals surface area contributed by atoms with Gasteiger partial charge in [-0.05, 0) is 6.92 Å². The molecule has 0 saturated carbocycles. The number of hydrogen-bond acceptors (Lipinski definition) is 2. The van der Waals surface area contributed by atoms with Gasteiger partial charge in [0, 0.05) is 0 Å². The van der Waals surface area contributed by atoms with E-state index in [1.807, 2.05) is 0 Å². The molecule has 1 aliphatic heterocycles. The van der Waals surface area contributed by atoms with Crippen LogP contribution in [0.3, 0.4) is 0 Å². The number of hydrogen-bond donors (Lipinski definition) is 1. The zero-order valence-corrected chi connectivity index (χ0v) is 5.81. The predicted molar refractivity (Wildman–Crippen MR) is 38.1 cm³/mol.